The molecule has 4 aromatic rings. The normalized spacial score (nSPS) is 16.9. The van der Waals surface area contributed by atoms with Gasteiger partial charge in [0.1, 0.15) is 5.75 Å². The van der Waals surface area contributed by atoms with Crippen LogP contribution >= 0.6 is 43.2 Å². The molecule has 174 valence electrons. The molecule has 0 saturated carbocycles. The fourth-order valence-electron chi connectivity index (χ4n) is 4.93. The van der Waals surface area contributed by atoms with Crippen LogP contribution in [0.1, 0.15) is 34.7 Å². The molecule has 0 amide bonds. The molecule has 35 heavy (non-hydrogen) atoms. The van der Waals surface area contributed by atoms with Crippen LogP contribution in [0.15, 0.2) is 91.0 Å². The fourth-order valence-corrected chi connectivity index (χ4v) is 6.56. The monoisotopic (exact) mass is 606 g/mol. The maximum Gasteiger partial charge on any atom is 0.271 e. The number of thiazole rings is 1. The number of fused-ring (bicyclic) bond motifs is 3. The SMILES string of the molecule is COc1ccc(Br)cc1/C=c1/sc2n(c1=O)[C@@H](c1ccc(Br)cc1)C1=C(N=2)c2ccccc2CC1. The van der Waals surface area contributed by atoms with Crippen molar-refractivity contribution in [2.75, 3.05) is 7.11 Å². The Morgan fingerprint density at radius 1 is 1.03 bits per heavy atom. The number of rotatable bonds is 3. The second-order valence-electron chi connectivity index (χ2n) is 8.55. The van der Waals surface area contributed by atoms with Gasteiger partial charge in [-0.2, -0.15) is 0 Å². The highest BCUT2D eigenvalue weighted by Crippen LogP contribution is 2.41. The van der Waals surface area contributed by atoms with Crippen LogP contribution in [0.3, 0.4) is 0 Å². The summed E-state index contributed by atoms with van der Waals surface area (Å²) < 4.78 is 9.99. The standard InChI is InChI=1S/C28H20Br2N2O2S/c1-34-23-13-11-20(30)14-18(23)15-24-27(33)32-26(17-6-9-19(29)10-7-17)22-12-8-16-4-2-3-5-21(16)25(22)31-28(32)35-24/h2-7,9-11,13-15,26H,8,12H2,1H3/b24-15+/t26-/m0/s1. The van der Waals surface area contributed by atoms with Gasteiger partial charge in [-0.15, -0.1) is 0 Å². The lowest BCUT2D eigenvalue weighted by molar-refractivity contribution is 0.413. The Morgan fingerprint density at radius 3 is 2.60 bits per heavy atom. The molecule has 2 aliphatic rings. The van der Waals surface area contributed by atoms with Crippen LogP contribution in [0, 0.1) is 0 Å². The number of nitrogens with zero attached hydrogens (tertiary/aromatic N) is 2. The molecule has 2 heterocycles. The minimum atomic E-state index is -0.186. The zero-order valence-corrected chi connectivity index (χ0v) is 22.8. The van der Waals surface area contributed by atoms with Gasteiger partial charge in [0.25, 0.3) is 5.56 Å². The van der Waals surface area contributed by atoms with Gasteiger partial charge in [0.2, 0.25) is 0 Å². The van der Waals surface area contributed by atoms with Crippen LogP contribution in [0.5, 0.6) is 5.75 Å². The van der Waals surface area contributed by atoms with E-state index in [9.17, 15) is 4.79 Å². The summed E-state index contributed by atoms with van der Waals surface area (Å²) in [4.78, 5) is 19.7. The number of aryl methyl sites for hydroxylation is 1. The molecule has 0 radical (unpaired) electrons. The van der Waals surface area contributed by atoms with Crippen LogP contribution in [-0.2, 0) is 6.42 Å². The highest BCUT2D eigenvalue weighted by Gasteiger charge is 2.32. The third-order valence-corrected chi connectivity index (χ3v) is 8.54. The maximum absolute atomic E-state index is 13.9. The number of hydrogen-bond donors (Lipinski definition) is 0. The Kier molecular flexibility index (Phi) is 5.87. The molecule has 0 unspecified atom stereocenters. The van der Waals surface area contributed by atoms with Crippen molar-refractivity contribution in [3.8, 4) is 5.75 Å². The van der Waals surface area contributed by atoms with Gasteiger partial charge in [-0.05, 0) is 65.9 Å². The first-order valence-electron chi connectivity index (χ1n) is 11.3. The topological polar surface area (TPSA) is 43.6 Å². The van der Waals surface area contributed by atoms with Gasteiger partial charge in [-0.3, -0.25) is 9.36 Å². The van der Waals surface area contributed by atoms with Crippen LogP contribution in [0.25, 0.3) is 11.8 Å². The molecule has 1 aliphatic carbocycles. The van der Waals surface area contributed by atoms with Crippen LogP contribution in [-0.4, -0.2) is 11.7 Å². The first kappa shape index (κ1) is 22.7. The number of ether oxygens (including phenoxy) is 1. The van der Waals surface area contributed by atoms with Crippen molar-refractivity contribution >= 4 is 55.0 Å². The van der Waals surface area contributed by atoms with E-state index >= 15 is 0 Å². The van der Waals surface area contributed by atoms with Gasteiger partial charge < -0.3 is 4.74 Å². The molecule has 0 bridgehead atoms. The molecule has 6 rings (SSSR count). The van der Waals surface area contributed by atoms with Crippen molar-refractivity contribution < 1.29 is 4.74 Å². The van der Waals surface area contributed by atoms with Crippen LogP contribution in [0.2, 0.25) is 0 Å². The predicted octanol–water partition coefficient (Wildman–Crippen LogP) is 5.85. The molecule has 0 N–H and O–H groups in total. The van der Waals surface area contributed by atoms with Gasteiger partial charge >= 0.3 is 0 Å². The summed E-state index contributed by atoms with van der Waals surface area (Å²) in [6, 6.07) is 22.3. The fraction of sp³-hybridized carbons (Fsp3) is 0.143. The first-order valence-corrected chi connectivity index (χ1v) is 13.7. The van der Waals surface area contributed by atoms with E-state index in [-0.39, 0.29) is 11.6 Å². The van der Waals surface area contributed by atoms with Crippen molar-refractivity contribution in [2.24, 2.45) is 4.99 Å². The van der Waals surface area contributed by atoms with Gasteiger partial charge in [-0.25, -0.2) is 4.99 Å². The van der Waals surface area contributed by atoms with Crippen molar-refractivity contribution in [2.45, 2.75) is 18.9 Å². The summed E-state index contributed by atoms with van der Waals surface area (Å²) in [6.07, 6.45) is 3.72. The molecule has 1 aromatic heterocycles. The van der Waals surface area contributed by atoms with Crippen LogP contribution < -0.4 is 19.6 Å². The number of aromatic nitrogens is 1. The summed E-state index contributed by atoms with van der Waals surface area (Å²) in [5.74, 6) is 0.719. The third-order valence-electron chi connectivity index (χ3n) is 6.54. The zero-order chi connectivity index (χ0) is 24.1. The lowest BCUT2D eigenvalue weighted by Gasteiger charge is -2.30. The molecule has 1 atom stereocenters. The minimum Gasteiger partial charge on any atom is -0.496 e. The van der Waals surface area contributed by atoms with E-state index < -0.39 is 0 Å². The molecule has 1 aliphatic heterocycles. The molecular formula is C28H20Br2N2O2S. The average Bonchev–Trinajstić information content (AvgIpc) is 3.18. The lowest BCUT2D eigenvalue weighted by Crippen LogP contribution is -2.38. The van der Waals surface area contributed by atoms with E-state index in [0.29, 0.717) is 4.53 Å². The summed E-state index contributed by atoms with van der Waals surface area (Å²) in [5, 5.41) is 0. The van der Waals surface area contributed by atoms with Gasteiger partial charge in [-0.1, -0.05) is 79.6 Å². The number of halogens is 2. The van der Waals surface area contributed by atoms with E-state index in [0.717, 1.165) is 49.2 Å². The van der Waals surface area contributed by atoms with Gasteiger partial charge in [0.15, 0.2) is 4.80 Å². The van der Waals surface area contributed by atoms with Crippen LogP contribution in [0.4, 0.5) is 0 Å². The Hall–Kier alpha value is -2.74. The van der Waals surface area contributed by atoms with E-state index in [4.69, 9.17) is 9.73 Å². The molecule has 0 spiro atoms. The molecule has 0 fully saturated rings. The van der Waals surface area contributed by atoms with Crippen molar-refractivity contribution in [1.29, 1.82) is 0 Å². The van der Waals surface area contributed by atoms with E-state index in [1.165, 1.54) is 28.0 Å². The highest BCUT2D eigenvalue weighted by molar-refractivity contribution is 9.10. The minimum absolute atomic E-state index is 0.0332. The highest BCUT2D eigenvalue weighted by atomic mass is 79.9. The zero-order valence-electron chi connectivity index (χ0n) is 18.8. The smallest absolute Gasteiger partial charge is 0.271 e. The van der Waals surface area contributed by atoms with Gasteiger partial charge in [0.05, 0.1) is 23.4 Å². The molecule has 0 saturated heterocycles. The second-order valence-corrected chi connectivity index (χ2v) is 11.4. The Labute approximate surface area is 223 Å². The van der Waals surface area contributed by atoms with Crippen molar-refractivity contribution in [3.63, 3.8) is 0 Å². The van der Waals surface area contributed by atoms with Crippen molar-refractivity contribution in [3.05, 3.63) is 123 Å². The number of benzene rings is 3. The largest absolute Gasteiger partial charge is 0.496 e. The predicted molar refractivity (Wildman–Crippen MR) is 148 cm³/mol. The Bertz CT molecular complexity index is 1680. The van der Waals surface area contributed by atoms with Crippen molar-refractivity contribution in [1.82, 2.24) is 4.57 Å². The maximum atomic E-state index is 13.9. The summed E-state index contributed by atoms with van der Waals surface area (Å²) >= 11 is 8.51. The number of allylic oxidation sites excluding steroid dienone is 1. The summed E-state index contributed by atoms with van der Waals surface area (Å²) in [5.41, 5.74) is 6.58. The van der Waals surface area contributed by atoms with Gasteiger partial charge in [0, 0.05) is 20.1 Å². The first-order chi connectivity index (χ1) is 17.0. The molecule has 4 nitrogen and oxygen atoms in total. The lowest BCUT2D eigenvalue weighted by atomic mass is 9.83. The van der Waals surface area contributed by atoms with E-state index in [1.54, 1.807) is 7.11 Å². The second kappa shape index (κ2) is 9.04. The molecular weight excluding hydrogens is 588 g/mol. The van der Waals surface area contributed by atoms with E-state index in [2.05, 4.69) is 68.3 Å². The summed E-state index contributed by atoms with van der Waals surface area (Å²) in [7, 11) is 1.64. The Balaban J connectivity index is 1.63. The number of hydrogen-bond acceptors (Lipinski definition) is 4. The third kappa shape index (κ3) is 3.96. The quantitative estimate of drug-likeness (QED) is 0.293. The van der Waals surface area contributed by atoms with E-state index in [1.807, 2.05) is 41.0 Å². The summed E-state index contributed by atoms with van der Waals surface area (Å²) in [6.45, 7) is 0. The number of methoxy groups -OCH3 is 1. The molecule has 3 aromatic carbocycles. The molecule has 7 heteroatoms. The Morgan fingerprint density at radius 2 is 1.80 bits per heavy atom. The average molecular weight is 608 g/mol.